The van der Waals surface area contributed by atoms with Gasteiger partial charge in [-0.15, -0.1) is 0 Å². The minimum atomic E-state index is -0.145. The highest BCUT2D eigenvalue weighted by Gasteiger charge is 2.30. The van der Waals surface area contributed by atoms with Gasteiger partial charge < -0.3 is 15.7 Å². The summed E-state index contributed by atoms with van der Waals surface area (Å²) in [6.45, 7) is 0.664. The molecule has 0 saturated carbocycles. The number of H-pyrrole nitrogens is 1. The zero-order chi connectivity index (χ0) is 13.4. The topological polar surface area (TPSA) is 95.2 Å². The molecule has 6 heteroatoms. The number of aliphatic hydroxyl groups excluding tert-OH is 1. The maximum absolute atomic E-state index is 12.5. The second-order valence-electron chi connectivity index (χ2n) is 4.85. The molecule has 1 saturated heterocycles. The average Bonchev–Trinajstić information content (AvgIpc) is 3.03. The Kier molecular flexibility index (Phi) is 2.87. The van der Waals surface area contributed by atoms with Gasteiger partial charge in [-0.05, 0) is 31.0 Å². The molecule has 4 N–H and O–H groups in total. The van der Waals surface area contributed by atoms with E-state index in [1.807, 2.05) is 6.07 Å². The molecule has 3 rings (SSSR count). The van der Waals surface area contributed by atoms with Gasteiger partial charge >= 0.3 is 0 Å². The molecule has 0 unspecified atom stereocenters. The molecule has 0 aliphatic carbocycles. The van der Waals surface area contributed by atoms with Crippen LogP contribution in [0.5, 0.6) is 0 Å². The van der Waals surface area contributed by atoms with Gasteiger partial charge in [0.25, 0.3) is 5.91 Å². The number of carbonyl (C=O) groups is 1. The number of nitrogens with zero attached hydrogens (tertiary/aromatic N) is 2. The van der Waals surface area contributed by atoms with Crippen LogP contribution in [0.2, 0.25) is 0 Å². The van der Waals surface area contributed by atoms with Crippen LogP contribution >= 0.6 is 0 Å². The van der Waals surface area contributed by atoms with Gasteiger partial charge in [0, 0.05) is 17.6 Å². The molecule has 1 fully saturated rings. The third-order valence-corrected chi connectivity index (χ3v) is 3.64. The zero-order valence-electron chi connectivity index (χ0n) is 10.5. The van der Waals surface area contributed by atoms with E-state index in [2.05, 4.69) is 10.2 Å². The highest BCUT2D eigenvalue weighted by molar-refractivity contribution is 6.05. The van der Waals surface area contributed by atoms with E-state index in [0.717, 1.165) is 23.7 Å². The summed E-state index contributed by atoms with van der Waals surface area (Å²) >= 11 is 0. The van der Waals surface area contributed by atoms with Crippen molar-refractivity contribution >= 4 is 22.5 Å². The van der Waals surface area contributed by atoms with Crippen LogP contribution in [0.1, 0.15) is 23.3 Å². The number of amides is 1. The third-order valence-electron chi connectivity index (χ3n) is 3.64. The van der Waals surface area contributed by atoms with Crippen LogP contribution in [0.4, 0.5) is 5.69 Å². The van der Waals surface area contributed by atoms with E-state index < -0.39 is 0 Å². The lowest BCUT2D eigenvalue weighted by molar-refractivity contribution is 0.0673. The van der Waals surface area contributed by atoms with E-state index in [9.17, 15) is 9.90 Å². The molecular formula is C13H16N4O2. The number of fused-ring (bicyclic) bond motifs is 1. The molecule has 1 amide bonds. The first kappa shape index (κ1) is 12.0. The van der Waals surface area contributed by atoms with Gasteiger partial charge in [0.15, 0.2) is 5.69 Å². The number of nitrogens with one attached hydrogen (secondary N) is 1. The van der Waals surface area contributed by atoms with Crippen molar-refractivity contribution in [3.8, 4) is 0 Å². The lowest BCUT2D eigenvalue weighted by Crippen LogP contribution is -2.37. The fourth-order valence-electron chi connectivity index (χ4n) is 2.62. The lowest BCUT2D eigenvalue weighted by atomic mass is 10.1. The highest BCUT2D eigenvalue weighted by atomic mass is 16.3. The first-order valence-corrected chi connectivity index (χ1v) is 6.36. The van der Waals surface area contributed by atoms with Crippen molar-refractivity contribution in [3.05, 3.63) is 23.9 Å². The van der Waals surface area contributed by atoms with Crippen molar-refractivity contribution in [2.75, 3.05) is 18.9 Å². The monoisotopic (exact) mass is 260 g/mol. The maximum Gasteiger partial charge on any atom is 0.275 e. The summed E-state index contributed by atoms with van der Waals surface area (Å²) in [5.41, 5.74) is 7.52. The van der Waals surface area contributed by atoms with Crippen molar-refractivity contribution in [2.24, 2.45) is 0 Å². The van der Waals surface area contributed by atoms with Gasteiger partial charge in [-0.25, -0.2) is 0 Å². The van der Waals surface area contributed by atoms with Gasteiger partial charge in [0.05, 0.1) is 18.2 Å². The molecule has 0 spiro atoms. The van der Waals surface area contributed by atoms with E-state index in [1.54, 1.807) is 17.0 Å². The lowest BCUT2D eigenvalue weighted by Gasteiger charge is -2.22. The van der Waals surface area contributed by atoms with Gasteiger partial charge in [-0.2, -0.15) is 5.10 Å². The largest absolute Gasteiger partial charge is 0.399 e. The Balaban J connectivity index is 1.99. The van der Waals surface area contributed by atoms with E-state index in [-0.39, 0.29) is 18.6 Å². The molecule has 0 bridgehead atoms. The number of nitrogen functional groups attached to an aromatic ring is 1. The zero-order valence-corrected chi connectivity index (χ0v) is 10.5. The summed E-state index contributed by atoms with van der Waals surface area (Å²) in [7, 11) is 0. The molecule has 6 nitrogen and oxygen atoms in total. The first-order valence-electron chi connectivity index (χ1n) is 6.36. The Hall–Kier alpha value is -2.08. The summed E-state index contributed by atoms with van der Waals surface area (Å²) in [4.78, 5) is 14.2. The number of benzene rings is 1. The highest BCUT2D eigenvalue weighted by Crippen LogP contribution is 2.24. The van der Waals surface area contributed by atoms with E-state index >= 15 is 0 Å². The minimum Gasteiger partial charge on any atom is -0.399 e. The Morgan fingerprint density at radius 1 is 1.58 bits per heavy atom. The number of aromatic amines is 1. The summed E-state index contributed by atoms with van der Waals surface area (Å²) in [5.74, 6) is -0.145. The smallest absolute Gasteiger partial charge is 0.275 e. The summed E-state index contributed by atoms with van der Waals surface area (Å²) in [5, 5.41) is 17.0. The van der Waals surface area contributed by atoms with E-state index in [1.165, 1.54) is 0 Å². The molecule has 100 valence electrons. The Morgan fingerprint density at radius 3 is 3.21 bits per heavy atom. The first-order chi connectivity index (χ1) is 9.20. The van der Waals surface area contributed by atoms with E-state index in [0.29, 0.717) is 17.9 Å². The standard InChI is InChI=1S/C13H16N4O2/c14-8-3-4-11-10(6-8)12(16-15-11)13(19)17-5-1-2-9(17)7-18/h3-4,6,9,18H,1-2,5,7,14H2,(H,15,16)/t9-/m0/s1. The summed E-state index contributed by atoms with van der Waals surface area (Å²) < 4.78 is 0. The van der Waals surface area contributed by atoms with Crippen molar-refractivity contribution in [3.63, 3.8) is 0 Å². The number of rotatable bonds is 2. The molecule has 0 radical (unpaired) electrons. The molecule has 1 atom stereocenters. The van der Waals surface area contributed by atoms with Gasteiger partial charge in [0.1, 0.15) is 0 Å². The molecule has 1 aliphatic heterocycles. The minimum absolute atomic E-state index is 0.00374. The SMILES string of the molecule is Nc1ccc2[nH]nc(C(=O)N3CCC[C@H]3CO)c2c1. The number of aliphatic hydroxyl groups is 1. The number of likely N-dealkylation sites (tertiary alicyclic amines) is 1. The molecule has 19 heavy (non-hydrogen) atoms. The van der Waals surface area contributed by atoms with Crippen molar-refractivity contribution in [2.45, 2.75) is 18.9 Å². The molecule has 2 aromatic rings. The maximum atomic E-state index is 12.5. The fourth-order valence-corrected chi connectivity index (χ4v) is 2.62. The molecule has 2 heterocycles. The predicted octanol–water partition coefficient (Wildman–Crippen LogP) is 0.742. The summed E-state index contributed by atoms with van der Waals surface area (Å²) in [6.07, 6.45) is 1.76. The Bertz CT molecular complexity index is 622. The van der Waals surface area contributed by atoms with Crippen LogP contribution in [0.25, 0.3) is 10.9 Å². The number of hydrogen-bond acceptors (Lipinski definition) is 4. The van der Waals surface area contributed by atoms with Crippen LogP contribution in [0, 0.1) is 0 Å². The van der Waals surface area contributed by atoms with Crippen molar-refractivity contribution in [1.82, 2.24) is 15.1 Å². The van der Waals surface area contributed by atoms with Crippen LogP contribution in [-0.2, 0) is 0 Å². The number of anilines is 1. The predicted molar refractivity (Wildman–Crippen MR) is 71.7 cm³/mol. The Labute approximate surface area is 110 Å². The van der Waals surface area contributed by atoms with Gasteiger partial charge in [0.2, 0.25) is 0 Å². The molecular weight excluding hydrogens is 244 g/mol. The number of nitrogens with two attached hydrogens (primary N) is 1. The average molecular weight is 260 g/mol. The quantitative estimate of drug-likeness (QED) is 0.694. The van der Waals surface area contributed by atoms with Gasteiger partial charge in [-0.1, -0.05) is 0 Å². The molecule has 1 aromatic carbocycles. The van der Waals surface area contributed by atoms with Crippen LogP contribution in [-0.4, -0.2) is 45.3 Å². The van der Waals surface area contributed by atoms with Crippen LogP contribution in [0.3, 0.4) is 0 Å². The normalized spacial score (nSPS) is 19.2. The van der Waals surface area contributed by atoms with Crippen LogP contribution in [0.15, 0.2) is 18.2 Å². The van der Waals surface area contributed by atoms with E-state index in [4.69, 9.17) is 5.73 Å². The molecule has 1 aromatic heterocycles. The van der Waals surface area contributed by atoms with Crippen molar-refractivity contribution in [1.29, 1.82) is 0 Å². The number of carbonyl (C=O) groups excluding carboxylic acids is 1. The summed E-state index contributed by atoms with van der Waals surface area (Å²) in [6, 6.07) is 5.22. The second-order valence-corrected chi connectivity index (χ2v) is 4.85. The Morgan fingerprint density at radius 2 is 2.42 bits per heavy atom. The number of hydrogen-bond donors (Lipinski definition) is 3. The number of aromatic nitrogens is 2. The van der Waals surface area contributed by atoms with Crippen molar-refractivity contribution < 1.29 is 9.90 Å². The van der Waals surface area contributed by atoms with Crippen LogP contribution < -0.4 is 5.73 Å². The third kappa shape index (κ3) is 1.94. The molecule has 1 aliphatic rings. The second kappa shape index (κ2) is 4.55. The fraction of sp³-hybridized carbons (Fsp3) is 0.385. The van der Waals surface area contributed by atoms with Gasteiger partial charge in [-0.3, -0.25) is 9.89 Å².